The number of aliphatic hydroxyl groups is 2. The maximum absolute atomic E-state index is 12.5. The van der Waals surface area contributed by atoms with Gasteiger partial charge in [-0.15, -0.1) is 0 Å². The summed E-state index contributed by atoms with van der Waals surface area (Å²) in [5.41, 5.74) is -1.62. The summed E-state index contributed by atoms with van der Waals surface area (Å²) in [6.07, 6.45) is 8.87. The molecule has 0 radical (unpaired) electrons. The largest absolute Gasteiger partial charge is 0.465 e. The monoisotopic (exact) mass is 542 g/mol. The number of nitrogens with zero attached hydrogens (tertiary/aromatic N) is 2. The van der Waals surface area contributed by atoms with Crippen LogP contribution in [0.5, 0.6) is 0 Å². The lowest BCUT2D eigenvalue weighted by atomic mass is 9.41. The van der Waals surface area contributed by atoms with Gasteiger partial charge < -0.3 is 29.5 Å². The summed E-state index contributed by atoms with van der Waals surface area (Å²) in [4.78, 5) is 27.7. The van der Waals surface area contributed by atoms with Gasteiger partial charge in [0.1, 0.15) is 0 Å². The van der Waals surface area contributed by atoms with Crippen LogP contribution in [0.15, 0.2) is 27.6 Å². The third-order valence-electron chi connectivity index (χ3n) is 12.8. The van der Waals surface area contributed by atoms with Gasteiger partial charge in [-0.2, -0.15) is 0 Å². The molecule has 9 atom stereocenters. The van der Waals surface area contributed by atoms with Gasteiger partial charge in [-0.1, -0.05) is 13.8 Å². The van der Waals surface area contributed by atoms with Crippen LogP contribution in [-0.2, 0) is 0 Å². The van der Waals surface area contributed by atoms with Crippen molar-refractivity contribution in [1.82, 2.24) is 9.80 Å². The summed E-state index contributed by atoms with van der Waals surface area (Å²) < 4.78 is 5.22. The number of carbonyl (C=O) groups is 1. The Labute approximate surface area is 231 Å². The van der Waals surface area contributed by atoms with Crippen molar-refractivity contribution < 1.29 is 24.5 Å². The molecule has 4 aliphatic carbocycles. The van der Waals surface area contributed by atoms with Gasteiger partial charge >= 0.3 is 11.7 Å². The maximum Gasteiger partial charge on any atom is 0.407 e. The number of likely N-dealkylation sites (N-methyl/N-ethyl adjacent to an activating group) is 1. The van der Waals surface area contributed by atoms with E-state index in [0.29, 0.717) is 19.4 Å². The Bertz CT molecular complexity index is 1150. The third kappa shape index (κ3) is 3.95. The highest BCUT2D eigenvalue weighted by atomic mass is 16.4. The molecule has 1 aromatic rings. The van der Waals surface area contributed by atoms with Gasteiger partial charge in [0.25, 0.3) is 0 Å². The second kappa shape index (κ2) is 9.31. The normalized spacial score (nSPS) is 46.6. The first-order valence-corrected chi connectivity index (χ1v) is 15.1. The quantitative estimate of drug-likeness (QED) is 0.511. The van der Waals surface area contributed by atoms with Crippen LogP contribution >= 0.6 is 0 Å². The first kappa shape index (κ1) is 27.3. The highest BCUT2D eigenvalue weighted by molar-refractivity contribution is 5.65. The fourth-order valence-electron chi connectivity index (χ4n) is 10.5. The molecule has 5 aliphatic rings. The zero-order valence-electron chi connectivity index (χ0n) is 23.8. The van der Waals surface area contributed by atoms with Crippen molar-refractivity contribution in [1.29, 1.82) is 0 Å². The fourth-order valence-corrected chi connectivity index (χ4v) is 10.5. The minimum atomic E-state index is -0.850. The van der Waals surface area contributed by atoms with Gasteiger partial charge in [0.05, 0.1) is 23.5 Å². The number of fused-ring (bicyclic) bond motifs is 5. The summed E-state index contributed by atoms with van der Waals surface area (Å²) in [6.45, 7) is 6.66. The second-order valence-corrected chi connectivity index (χ2v) is 14.2. The molecule has 3 N–H and O–H groups in total. The lowest BCUT2D eigenvalue weighted by Crippen LogP contribution is -2.67. The molecule has 1 unspecified atom stereocenters. The SMILES string of the molecule is CN1CCCN(C(=O)O)C([C@H]2CC[C@]3(C)[C@H]4CC[C@]5(C)[C@@H](c6ccc(=O)oc6)CC[C@]5(O)[C@@H]4CC[C@]3(O)C2)C1. The third-order valence-corrected chi connectivity index (χ3v) is 12.8. The minimum Gasteiger partial charge on any atom is -0.465 e. The minimum absolute atomic E-state index is 0.0957. The number of hydrogen-bond acceptors (Lipinski definition) is 6. The van der Waals surface area contributed by atoms with Crippen LogP contribution in [0.1, 0.15) is 89.5 Å². The Hall–Kier alpha value is -1.90. The Morgan fingerprint density at radius 3 is 2.44 bits per heavy atom. The van der Waals surface area contributed by atoms with Gasteiger partial charge in [-0.25, -0.2) is 9.59 Å². The number of hydrogen-bond donors (Lipinski definition) is 3. The molecule has 1 saturated heterocycles. The first-order chi connectivity index (χ1) is 18.4. The van der Waals surface area contributed by atoms with E-state index < -0.39 is 17.3 Å². The summed E-state index contributed by atoms with van der Waals surface area (Å²) in [7, 11) is 2.07. The lowest BCUT2D eigenvalue weighted by Gasteiger charge is -2.66. The van der Waals surface area contributed by atoms with E-state index in [1.54, 1.807) is 11.2 Å². The van der Waals surface area contributed by atoms with E-state index in [0.717, 1.165) is 70.0 Å². The average Bonchev–Trinajstić information content (AvgIpc) is 3.02. The van der Waals surface area contributed by atoms with E-state index in [-0.39, 0.29) is 46.2 Å². The van der Waals surface area contributed by atoms with Crippen LogP contribution in [0.3, 0.4) is 0 Å². The van der Waals surface area contributed by atoms with Gasteiger partial charge in [0.2, 0.25) is 0 Å². The van der Waals surface area contributed by atoms with E-state index in [2.05, 4.69) is 25.8 Å². The molecular formula is C31H46N2O6. The fraction of sp³-hybridized carbons (Fsp3) is 0.806. The average molecular weight is 543 g/mol. The topological polar surface area (TPSA) is 114 Å². The molecule has 216 valence electrons. The molecule has 39 heavy (non-hydrogen) atoms. The molecule has 1 amide bonds. The van der Waals surface area contributed by atoms with Crippen LogP contribution in [0.4, 0.5) is 4.79 Å². The molecule has 0 aromatic carbocycles. The Morgan fingerprint density at radius 2 is 1.72 bits per heavy atom. The van der Waals surface area contributed by atoms with E-state index >= 15 is 0 Å². The van der Waals surface area contributed by atoms with Crippen molar-refractivity contribution >= 4 is 6.09 Å². The molecule has 2 heterocycles. The van der Waals surface area contributed by atoms with Crippen LogP contribution < -0.4 is 5.63 Å². The number of carboxylic acid groups (broad SMARTS) is 1. The highest BCUT2D eigenvalue weighted by Crippen LogP contribution is 2.71. The smallest absolute Gasteiger partial charge is 0.407 e. The Balaban J connectivity index is 1.26. The van der Waals surface area contributed by atoms with Crippen molar-refractivity contribution in [2.75, 3.05) is 26.7 Å². The molecular weight excluding hydrogens is 496 g/mol. The van der Waals surface area contributed by atoms with Crippen molar-refractivity contribution in [2.24, 2.45) is 28.6 Å². The Morgan fingerprint density at radius 1 is 0.974 bits per heavy atom. The van der Waals surface area contributed by atoms with Crippen molar-refractivity contribution in [2.45, 2.75) is 101 Å². The number of amides is 1. The van der Waals surface area contributed by atoms with Crippen LogP contribution in [0.25, 0.3) is 0 Å². The lowest BCUT2D eigenvalue weighted by molar-refractivity contribution is -0.251. The van der Waals surface area contributed by atoms with Gasteiger partial charge in [-0.05, 0) is 119 Å². The molecule has 1 aliphatic heterocycles. The molecule has 0 spiro atoms. The summed E-state index contributed by atoms with van der Waals surface area (Å²) in [5, 5.41) is 34.9. The molecule has 4 saturated carbocycles. The molecule has 5 fully saturated rings. The maximum atomic E-state index is 12.5. The molecule has 8 nitrogen and oxygen atoms in total. The van der Waals surface area contributed by atoms with E-state index in [9.17, 15) is 24.9 Å². The van der Waals surface area contributed by atoms with Crippen molar-refractivity contribution in [3.8, 4) is 0 Å². The zero-order valence-corrected chi connectivity index (χ0v) is 23.8. The van der Waals surface area contributed by atoms with E-state index in [4.69, 9.17) is 4.42 Å². The van der Waals surface area contributed by atoms with Crippen LogP contribution in [0, 0.1) is 28.6 Å². The van der Waals surface area contributed by atoms with E-state index in [1.165, 1.54) is 6.07 Å². The summed E-state index contributed by atoms with van der Waals surface area (Å²) in [5.74, 6) is 0.636. The van der Waals surface area contributed by atoms with Gasteiger partial charge in [-0.3, -0.25) is 0 Å². The molecule has 6 rings (SSSR count). The summed E-state index contributed by atoms with van der Waals surface area (Å²) in [6, 6.07) is 3.26. The first-order valence-electron chi connectivity index (χ1n) is 15.1. The van der Waals surface area contributed by atoms with Gasteiger partial charge in [0.15, 0.2) is 0 Å². The highest BCUT2D eigenvalue weighted by Gasteiger charge is 2.70. The van der Waals surface area contributed by atoms with Crippen LogP contribution in [0.2, 0.25) is 0 Å². The standard InChI is InChI=1S/C31H46N2O6/c1-28-11-7-20(25-18-32(3)15-4-16-33(25)27(35)36)17-30(28,37)13-9-24-23(28)8-12-29(2)22(10-14-31(24,29)38)21-5-6-26(34)39-19-21/h5-6,19-20,22-25,37-38H,4,7-18H2,1-3H3,(H,35,36)/t20-,22+,23-,24+,25?,28+,29+,30-,31-/m0/s1. The van der Waals surface area contributed by atoms with Crippen molar-refractivity contribution in [3.05, 3.63) is 34.4 Å². The predicted molar refractivity (Wildman–Crippen MR) is 146 cm³/mol. The molecule has 1 aromatic heterocycles. The second-order valence-electron chi connectivity index (χ2n) is 14.2. The van der Waals surface area contributed by atoms with Gasteiger partial charge in [0, 0.05) is 24.6 Å². The molecule has 8 heteroatoms. The molecule has 0 bridgehead atoms. The van der Waals surface area contributed by atoms with E-state index in [1.807, 2.05) is 6.07 Å². The van der Waals surface area contributed by atoms with Crippen LogP contribution in [-0.4, -0.2) is 75.1 Å². The Kier molecular flexibility index (Phi) is 6.52. The summed E-state index contributed by atoms with van der Waals surface area (Å²) >= 11 is 0. The van der Waals surface area contributed by atoms with Crippen molar-refractivity contribution in [3.63, 3.8) is 0 Å². The number of rotatable bonds is 2. The predicted octanol–water partition coefficient (Wildman–Crippen LogP) is 4.30. The zero-order chi connectivity index (χ0) is 27.8.